The zero-order chi connectivity index (χ0) is 13.8. The van der Waals surface area contributed by atoms with Crippen molar-refractivity contribution in [3.63, 3.8) is 0 Å². The molecule has 0 radical (unpaired) electrons. The fraction of sp³-hybridized carbons (Fsp3) is 0.250. The first kappa shape index (κ1) is 13.8. The number of benzene rings is 2. The molecule has 0 aromatic heterocycles. The van der Waals surface area contributed by atoms with Gasteiger partial charge in [-0.15, -0.1) is 11.8 Å². The molecule has 2 N–H and O–H groups in total. The number of nitrogens with two attached hydrogens (primary N) is 1. The first-order chi connectivity index (χ1) is 9.10. The summed E-state index contributed by atoms with van der Waals surface area (Å²) in [6.45, 7) is 4.14. The van der Waals surface area contributed by atoms with Gasteiger partial charge in [0.15, 0.2) is 0 Å². The van der Waals surface area contributed by atoms with Crippen molar-refractivity contribution >= 4 is 17.4 Å². The number of nitrogen functional groups attached to an aromatic ring is 1. The summed E-state index contributed by atoms with van der Waals surface area (Å²) in [7, 11) is 1.71. The predicted octanol–water partition coefficient (Wildman–Crippen LogP) is 4.19. The number of aryl methyl sites for hydroxylation is 2. The van der Waals surface area contributed by atoms with Gasteiger partial charge >= 0.3 is 0 Å². The van der Waals surface area contributed by atoms with Crippen molar-refractivity contribution in [2.45, 2.75) is 24.5 Å². The third-order valence-corrected chi connectivity index (χ3v) is 4.12. The van der Waals surface area contributed by atoms with Gasteiger partial charge in [-0.2, -0.15) is 0 Å². The molecule has 0 saturated carbocycles. The first-order valence-electron chi connectivity index (χ1n) is 6.22. The summed E-state index contributed by atoms with van der Waals surface area (Å²) >= 11 is 1.74. The van der Waals surface area contributed by atoms with Crippen molar-refractivity contribution in [1.82, 2.24) is 0 Å². The normalized spacial score (nSPS) is 10.5. The summed E-state index contributed by atoms with van der Waals surface area (Å²) in [6.07, 6.45) is 0. The number of methoxy groups -OCH3 is 1. The quantitative estimate of drug-likeness (QED) is 0.670. The van der Waals surface area contributed by atoms with Crippen LogP contribution in [0.2, 0.25) is 0 Å². The monoisotopic (exact) mass is 273 g/mol. The van der Waals surface area contributed by atoms with Gasteiger partial charge in [0.1, 0.15) is 5.75 Å². The number of hydrogen-bond acceptors (Lipinski definition) is 3. The maximum atomic E-state index is 6.03. The average Bonchev–Trinajstić information content (AvgIpc) is 2.38. The topological polar surface area (TPSA) is 35.2 Å². The van der Waals surface area contributed by atoms with Crippen LogP contribution in [0.25, 0.3) is 0 Å². The molecular weight excluding hydrogens is 254 g/mol. The van der Waals surface area contributed by atoms with Gasteiger partial charge in [0.25, 0.3) is 0 Å². The molecule has 3 heteroatoms. The lowest BCUT2D eigenvalue weighted by Gasteiger charge is -2.10. The molecule has 0 unspecified atom stereocenters. The average molecular weight is 273 g/mol. The second kappa shape index (κ2) is 6.02. The van der Waals surface area contributed by atoms with Crippen LogP contribution < -0.4 is 10.5 Å². The smallest absolute Gasteiger partial charge is 0.122 e. The van der Waals surface area contributed by atoms with Crippen LogP contribution in [-0.2, 0) is 5.75 Å². The van der Waals surface area contributed by atoms with Crippen LogP contribution in [0.1, 0.15) is 16.7 Å². The van der Waals surface area contributed by atoms with E-state index >= 15 is 0 Å². The second-order valence-corrected chi connectivity index (χ2v) is 5.66. The van der Waals surface area contributed by atoms with Crippen LogP contribution in [0, 0.1) is 13.8 Å². The van der Waals surface area contributed by atoms with E-state index in [2.05, 4.69) is 31.2 Å². The molecular formula is C16H19NOS. The molecule has 19 heavy (non-hydrogen) atoms. The van der Waals surface area contributed by atoms with E-state index in [9.17, 15) is 0 Å². The molecule has 2 nitrogen and oxygen atoms in total. The van der Waals surface area contributed by atoms with Crippen LogP contribution in [0.5, 0.6) is 5.75 Å². The van der Waals surface area contributed by atoms with Gasteiger partial charge < -0.3 is 10.5 Å². The van der Waals surface area contributed by atoms with Crippen molar-refractivity contribution < 1.29 is 4.74 Å². The highest BCUT2D eigenvalue weighted by atomic mass is 32.2. The number of ether oxygens (including phenoxy) is 1. The molecule has 0 aliphatic rings. The maximum absolute atomic E-state index is 6.03. The van der Waals surface area contributed by atoms with Crippen LogP contribution in [-0.4, -0.2) is 7.11 Å². The Hall–Kier alpha value is -1.61. The summed E-state index contributed by atoms with van der Waals surface area (Å²) in [5, 5.41) is 0. The minimum Gasteiger partial charge on any atom is -0.496 e. The third-order valence-electron chi connectivity index (χ3n) is 2.98. The Labute approximate surface area is 119 Å². The fourth-order valence-corrected chi connectivity index (χ4v) is 2.90. The molecule has 2 aromatic carbocycles. The molecule has 0 bridgehead atoms. The Kier molecular flexibility index (Phi) is 4.38. The maximum Gasteiger partial charge on any atom is 0.122 e. The molecule has 0 aliphatic carbocycles. The van der Waals surface area contributed by atoms with Gasteiger partial charge in [-0.05, 0) is 37.6 Å². The van der Waals surface area contributed by atoms with E-state index in [1.807, 2.05) is 19.1 Å². The summed E-state index contributed by atoms with van der Waals surface area (Å²) in [5.41, 5.74) is 10.5. The minimum atomic E-state index is 0.844. The second-order valence-electron chi connectivity index (χ2n) is 4.65. The number of hydrogen-bond donors (Lipinski definition) is 1. The Balaban J connectivity index is 2.16. The molecule has 0 heterocycles. The fourth-order valence-electron chi connectivity index (χ4n) is 1.97. The van der Waals surface area contributed by atoms with E-state index in [0.717, 1.165) is 22.1 Å². The summed E-state index contributed by atoms with van der Waals surface area (Å²) in [6, 6.07) is 12.4. The first-order valence-corrected chi connectivity index (χ1v) is 7.21. The summed E-state index contributed by atoms with van der Waals surface area (Å²) < 4.78 is 5.39. The lowest BCUT2D eigenvalue weighted by molar-refractivity contribution is 0.411. The molecule has 2 aromatic rings. The Morgan fingerprint density at radius 1 is 1.05 bits per heavy atom. The zero-order valence-electron chi connectivity index (χ0n) is 11.6. The van der Waals surface area contributed by atoms with Gasteiger partial charge in [0, 0.05) is 21.9 Å². The molecule has 0 aliphatic heterocycles. The van der Waals surface area contributed by atoms with Crippen molar-refractivity contribution in [3.05, 3.63) is 53.1 Å². The van der Waals surface area contributed by atoms with Crippen LogP contribution in [0.15, 0.2) is 41.3 Å². The molecule has 0 saturated heterocycles. The van der Waals surface area contributed by atoms with E-state index in [1.165, 1.54) is 16.7 Å². The summed E-state index contributed by atoms with van der Waals surface area (Å²) in [5.74, 6) is 1.79. The van der Waals surface area contributed by atoms with Gasteiger partial charge in [-0.3, -0.25) is 0 Å². The molecule has 0 amide bonds. The lowest BCUT2D eigenvalue weighted by Crippen LogP contribution is -1.93. The van der Waals surface area contributed by atoms with Crippen molar-refractivity contribution in [2.24, 2.45) is 0 Å². The lowest BCUT2D eigenvalue weighted by atomic mass is 10.1. The standard InChI is InChI=1S/C16H19NOS/c1-11-4-6-15(18-3)13(8-11)10-19-16-7-5-12(2)9-14(16)17/h4-9H,10,17H2,1-3H3. The van der Waals surface area contributed by atoms with Crippen LogP contribution in [0.4, 0.5) is 5.69 Å². The van der Waals surface area contributed by atoms with Crippen molar-refractivity contribution in [3.8, 4) is 5.75 Å². The highest BCUT2D eigenvalue weighted by Crippen LogP contribution is 2.32. The number of anilines is 1. The Bertz CT molecular complexity index is 581. The molecule has 2 rings (SSSR count). The number of rotatable bonds is 4. The summed E-state index contributed by atoms with van der Waals surface area (Å²) in [4.78, 5) is 1.12. The molecule has 100 valence electrons. The Morgan fingerprint density at radius 3 is 2.42 bits per heavy atom. The van der Waals surface area contributed by atoms with Gasteiger partial charge in [-0.1, -0.05) is 23.8 Å². The van der Waals surface area contributed by atoms with Gasteiger partial charge in [-0.25, -0.2) is 0 Å². The molecule has 0 fully saturated rings. The highest BCUT2D eigenvalue weighted by molar-refractivity contribution is 7.98. The SMILES string of the molecule is COc1ccc(C)cc1CSc1ccc(C)cc1N. The van der Waals surface area contributed by atoms with E-state index in [-0.39, 0.29) is 0 Å². The highest BCUT2D eigenvalue weighted by Gasteiger charge is 2.06. The van der Waals surface area contributed by atoms with Crippen molar-refractivity contribution in [1.29, 1.82) is 0 Å². The zero-order valence-corrected chi connectivity index (χ0v) is 12.4. The minimum absolute atomic E-state index is 0.844. The predicted molar refractivity (Wildman–Crippen MR) is 82.9 cm³/mol. The Morgan fingerprint density at radius 2 is 1.74 bits per heavy atom. The van der Waals surface area contributed by atoms with E-state index in [0.29, 0.717) is 0 Å². The molecule has 0 spiro atoms. The van der Waals surface area contributed by atoms with Gasteiger partial charge in [0.05, 0.1) is 7.11 Å². The third kappa shape index (κ3) is 3.44. The number of thioether (sulfide) groups is 1. The van der Waals surface area contributed by atoms with Crippen LogP contribution in [0.3, 0.4) is 0 Å². The van der Waals surface area contributed by atoms with E-state index < -0.39 is 0 Å². The van der Waals surface area contributed by atoms with Crippen LogP contribution >= 0.6 is 11.8 Å². The largest absolute Gasteiger partial charge is 0.496 e. The molecule has 0 atom stereocenters. The van der Waals surface area contributed by atoms with Gasteiger partial charge in [0.2, 0.25) is 0 Å². The van der Waals surface area contributed by atoms with Crippen molar-refractivity contribution in [2.75, 3.05) is 12.8 Å². The van der Waals surface area contributed by atoms with E-state index in [1.54, 1.807) is 18.9 Å². The van der Waals surface area contributed by atoms with E-state index in [4.69, 9.17) is 10.5 Å².